The number of aromatic nitrogens is 4. The second kappa shape index (κ2) is 8.51. The highest BCUT2D eigenvalue weighted by molar-refractivity contribution is 6.13. The van der Waals surface area contributed by atoms with Crippen LogP contribution in [0.25, 0.3) is 12.2 Å². The number of Topliss-reactive ketones (excluding diaryl/α,β-unsaturated/α-hetero) is 1. The third kappa shape index (κ3) is 4.85. The number of rotatable bonds is 6. The quantitative estimate of drug-likeness (QED) is 0.702. The number of hydrogen-bond donors (Lipinski definition) is 0. The molecule has 5 heteroatoms. The van der Waals surface area contributed by atoms with Crippen LogP contribution in [0.5, 0.6) is 0 Å². The first-order valence-corrected chi connectivity index (χ1v) is 9.92. The SMILES string of the molecule is CC(C)Cn1ccnc1/C=C1\CCC/C(=C\c2nccn2CC(C)C)C1=O. The Hall–Kier alpha value is -2.43. The van der Waals surface area contributed by atoms with Crippen LogP contribution in [0.2, 0.25) is 0 Å². The van der Waals surface area contributed by atoms with Crippen LogP contribution in [0.3, 0.4) is 0 Å². The number of ketones is 1. The summed E-state index contributed by atoms with van der Waals surface area (Å²) in [6.45, 7) is 10.5. The van der Waals surface area contributed by atoms with Crippen molar-refractivity contribution in [3.05, 3.63) is 47.6 Å². The number of hydrogen-bond acceptors (Lipinski definition) is 3. The standard InChI is InChI=1S/C22H30N4O/c1-16(2)14-25-10-8-23-20(25)12-18-6-5-7-19(22(18)27)13-21-24-9-11-26(21)15-17(3)4/h8-13,16-17H,5-7,14-15H2,1-4H3/b18-12+,19-13+. The minimum Gasteiger partial charge on any atom is -0.331 e. The van der Waals surface area contributed by atoms with Crippen LogP contribution in [-0.4, -0.2) is 24.9 Å². The summed E-state index contributed by atoms with van der Waals surface area (Å²) in [4.78, 5) is 21.9. The van der Waals surface area contributed by atoms with Gasteiger partial charge < -0.3 is 9.13 Å². The first kappa shape index (κ1) is 19.3. The first-order chi connectivity index (χ1) is 12.9. The monoisotopic (exact) mass is 366 g/mol. The molecule has 0 aliphatic heterocycles. The number of imidazole rings is 2. The molecule has 144 valence electrons. The zero-order chi connectivity index (χ0) is 19.4. The Balaban J connectivity index is 1.84. The van der Waals surface area contributed by atoms with Crippen LogP contribution in [-0.2, 0) is 17.9 Å². The van der Waals surface area contributed by atoms with E-state index in [1.165, 1.54) is 0 Å². The largest absolute Gasteiger partial charge is 0.331 e. The summed E-state index contributed by atoms with van der Waals surface area (Å²) < 4.78 is 4.25. The molecule has 2 aromatic heterocycles. The van der Waals surface area contributed by atoms with Gasteiger partial charge in [0.15, 0.2) is 5.78 Å². The summed E-state index contributed by atoms with van der Waals surface area (Å²) in [5.41, 5.74) is 1.70. The van der Waals surface area contributed by atoms with Crippen molar-refractivity contribution in [1.29, 1.82) is 0 Å². The number of nitrogens with zero attached hydrogens (tertiary/aromatic N) is 4. The van der Waals surface area contributed by atoms with Crippen LogP contribution in [0.4, 0.5) is 0 Å². The molecule has 1 aliphatic rings. The second-order valence-corrected chi connectivity index (χ2v) is 8.19. The van der Waals surface area contributed by atoms with Gasteiger partial charge in [0, 0.05) is 49.0 Å². The second-order valence-electron chi connectivity index (χ2n) is 8.19. The highest BCUT2D eigenvalue weighted by Crippen LogP contribution is 2.27. The molecule has 0 bridgehead atoms. The molecular formula is C22H30N4O. The molecule has 0 amide bonds. The third-order valence-electron chi connectivity index (χ3n) is 4.70. The molecule has 1 fully saturated rings. The average Bonchev–Trinajstić information content (AvgIpc) is 3.20. The minimum atomic E-state index is 0.138. The van der Waals surface area contributed by atoms with E-state index in [2.05, 4.69) is 46.8 Å². The van der Waals surface area contributed by atoms with Crippen molar-refractivity contribution < 1.29 is 4.79 Å². The molecule has 0 radical (unpaired) electrons. The van der Waals surface area contributed by atoms with Gasteiger partial charge in [-0.3, -0.25) is 4.79 Å². The smallest absolute Gasteiger partial charge is 0.185 e. The molecule has 0 saturated heterocycles. The predicted molar refractivity (Wildman–Crippen MR) is 109 cm³/mol. The lowest BCUT2D eigenvalue weighted by molar-refractivity contribution is -0.112. The summed E-state index contributed by atoms with van der Waals surface area (Å²) in [7, 11) is 0. The maximum Gasteiger partial charge on any atom is 0.185 e. The van der Waals surface area contributed by atoms with Gasteiger partial charge in [0.05, 0.1) is 0 Å². The molecule has 0 N–H and O–H groups in total. The lowest BCUT2D eigenvalue weighted by atomic mass is 9.88. The van der Waals surface area contributed by atoms with E-state index in [1.54, 1.807) is 0 Å². The molecule has 0 atom stereocenters. The van der Waals surface area contributed by atoms with Gasteiger partial charge in [-0.15, -0.1) is 0 Å². The van der Waals surface area contributed by atoms with Crippen LogP contribution in [0.1, 0.15) is 58.6 Å². The van der Waals surface area contributed by atoms with Crippen molar-refractivity contribution in [2.24, 2.45) is 11.8 Å². The molecular weight excluding hydrogens is 336 g/mol. The summed E-state index contributed by atoms with van der Waals surface area (Å²) in [6.07, 6.45) is 14.1. The van der Waals surface area contributed by atoms with Crippen LogP contribution in [0, 0.1) is 11.8 Å². The number of allylic oxidation sites excluding steroid dienone is 2. The van der Waals surface area contributed by atoms with Gasteiger partial charge in [-0.1, -0.05) is 27.7 Å². The molecule has 5 nitrogen and oxygen atoms in total. The first-order valence-electron chi connectivity index (χ1n) is 9.92. The van der Waals surface area contributed by atoms with Gasteiger partial charge in [0.2, 0.25) is 0 Å². The summed E-state index contributed by atoms with van der Waals surface area (Å²) in [5.74, 6) is 2.95. The normalized spacial score (nSPS) is 18.4. The highest BCUT2D eigenvalue weighted by atomic mass is 16.1. The Morgan fingerprint density at radius 3 is 1.74 bits per heavy atom. The molecule has 0 aromatic carbocycles. The van der Waals surface area contributed by atoms with Gasteiger partial charge in [0.1, 0.15) is 11.6 Å². The van der Waals surface area contributed by atoms with E-state index >= 15 is 0 Å². The molecule has 2 heterocycles. The molecule has 0 unspecified atom stereocenters. The van der Waals surface area contributed by atoms with E-state index in [-0.39, 0.29) is 5.78 Å². The molecule has 1 aliphatic carbocycles. The van der Waals surface area contributed by atoms with E-state index < -0.39 is 0 Å². The summed E-state index contributed by atoms with van der Waals surface area (Å²) in [6, 6.07) is 0. The van der Waals surface area contributed by atoms with Crippen molar-refractivity contribution in [2.75, 3.05) is 0 Å². The number of carbonyl (C=O) groups is 1. The zero-order valence-corrected chi connectivity index (χ0v) is 16.9. The highest BCUT2D eigenvalue weighted by Gasteiger charge is 2.22. The lowest BCUT2D eigenvalue weighted by Crippen LogP contribution is -2.14. The average molecular weight is 367 g/mol. The maximum absolute atomic E-state index is 13.0. The van der Waals surface area contributed by atoms with E-state index in [1.807, 2.05) is 36.9 Å². The van der Waals surface area contributed by atoms with Crippen molar-refractivity contribution >= 4 is 17.9 Å². The van der Waals surface area contributed by atoms with Gasteiger partial charge >= 0.3 is 0 Å². The van der Waals surface area contributed by atoms with E-state index in [4.69, 9.17) is 0 Å². The van der Waals surface area contributed by atoms with Crippen LogP contribution in [0.15, 0.2) is 35.9 Å². The van der Waals surface area contributed by atoms with Gasteiger partial charge in [0.25, 0.3) is 0 Å². The topological polar surface area (TPSA) is 52.7 Å². The third-order valence-corrected chi connectivity index (χ3v) is 4.70. The summed E-state index contributed by atoms with van der Waals surface area (Å²) >= 11 is 0. The Morgan fingerprint density at radius 2 is 1.33 bits per heavy atom. The van der Waals surface area contributed by atoms with E-state index in [0.717, 1.165) is 55.1 Å². The van der Waals surface area contributed by atoms with E-state index in [9.17, 15) is 4.79 Å². The predicted octanol–water partition coefficient (Wildman–Crippen LogP) is 4.61. The van der Waals surface area contributed by atoms with Gasteiger partial charge in [-0.05, 0) is 43.3 Å². The number of carbonyl (C=O) groups excluding carboxylic acids is 1. The molecule has 0 spiro atoms. The minimum absolute atomic E-state index is 0.138. The fourth-order valence-corrected chi connectivity index (χ4v) is 3.51. The molecule has 27 heavy (non-hydrogen) atoms. The fraction of sp³-hybridized carbons (Fsp3) is 0.500. The zero-order valence-electron chi connectivity index (χ0n) is 16.9. The van der Waals surface area contributed by atoms with Crippen molar-refractivity contribution in [2.45, 2.75) is 60.0 Å². The van der Waals surface area contributed by atoms with Crippen molar-refractivity contribution in [1.82, 2.24) is 19.1 Å². The van der Waals surface area contributed by atoms with Crippen molar-refractivity contribution in [3.8, 4) is 0 Å². The van der Waals surface area contributed by atoms with Crippen LogP contribution < -0.4 is 0 Å². The Morgan fingerprint density at radius 1 is 0.889 bits per heavy atom. The van der Waals surface area contributed by atoms with Gasteiger partial charge in [-0.2, -0.15) is 0 Å². The lowest BCUT2D eigenvalue weighted by Gasteiger charge is -2.17. The maximum atomic E-state index is 13.0. The fourth-order valence-electron chi connectivity index (χ4n) is 3.51. The Bertz CT molecular complexity index is 783. The molecule has 1 saturated carbocycles. The van der Waals surface area contributed by atoms with E-state index in [0.29, 0.717) is 11.8 Å². The van der Waals surface area contributed by atoms with Gasteiger partial charge in [-0.25, -0.2) is 9.97 Å². The summed E-state index contributed by atoms with van der Waals surface area (Å²) in [5, 5.41) is 0. The van der Waals surface area contributed by atoms with Crippen molar-refractivity contribution in [3.63, 3.8) is 0 Å². The molecule has 2 aromatic rings. The Kier molecular flexibility index (Phi) is 6.09. The molecule has 3 rings (SSSR count). The van der Waals surface area contributed by atoms with Crippen LogP contribution >= 0.6 is 0 Å². The Labute approximate surface area is 161 Å².